The number of carbonyl (C=O) groups is 1. The molecule has 0 radical (unpaired) electrons. The van der Waals surface area contributed by atoms with Gasteiger partial charge in [0.1, 0.15) is 11.6 Å². The van der Waals surface area contributed by atoms with E-state index < -0.39 is 22.6 Å². The molecule has 4 rings (SSSR count). The first-order valence-electron chi connectivity index (χ1n) is 9.36. The molecule has 1 N–H and O–H groups in total. The van der Waals surface area contributed by atoms with Crippen LogP contribution in [-0.2, 0) is 0 Å². The molecule has 31 heavy (non-hydrogen) atoms. The van der Waals surface area contributed by atoms with E-state index in [-0.39, 0.29) is 26.9 Å². The van der Waals surface area contributed by atoms with Gasteiger partial charge in [-0.15, -0.1) is 0 Å². The van der Waals surface area contributed by atoms with E-state index in [2.05, 4.69) is 20.9 Å². The summed E-state index contributed by atoms with van der Waals surface area (Å²) < 4.78 is 6.78. The number of benzene rings is 2. The number of hydrogen-bond acceptors (Lipinski definition) is 6. The summed E-state index contributed by atoms with van der Waals surface area (Å²) in [7, 11) is 1.52. The summed E-state index contributed by atoms with van der Waals surface area (Å²) in [5.41, 5.74) is -0.0743. The third kappa shape index (κ3) is 3.61. The van der Waals surface area contributed by atoms with Crippen molar-refractivity contribution >= 4 is 38.6 Å². The van der Waals surface area contributed by atoms with Gasteiger partial charge in [0.05, 0.1) is 39.1 Å². The summed E-state index contributed by atoms with van der Waals surface area (Å²) in [6.07, 6.45) is 0.0424. The van der Waals surface area contributed by atoms with E-state index >= 15 is 0 Å². The molecule has 2 aromatic carbocycles. The Morgan fingerprint density at radius 2 is 2.03 bits per heavy atom. The Hall–Kier alpha value is -3.47. The first-order valence-corrected chi connectivity index (χ1v) is 10.2. The molecule has 3 aromatic rings. The second-order valence-corrected chi connectivity index (χ2v) is 7.88. The molecule has 1 unspecified atom stereocenters. The minimum absolute atomic E-state index is 0.0560. The molecule has 1 amide bonds. The molecule has 2 heterocycles. The highest BCUT2D eigenvalue weighted by atomic mass is 79.9. The fourth-order valence-corrected chi connectivity index (χ4v) is 4.36. The fraction of sp³-hybridized carbons (Fsp3) is 0.250. The fourth-order valence-electron chi connectivity index (χ4n) is 3.82. The Kier molecular flexibility index (Phi) is 5.36. The van der Waals surface area contributed by atoms with Crippen LogP contribution in [-0.4, -0.2) is 44.2 Å². The first kappa shape index (κ1) is 20.8. The molecule has 11 heteroatoms. The van der Waals surface area contributed by atoms with Crippen molar-refractivity contribution in [1.82, 2.24) is 14.5 Å². The second kappa shape index (κ2) is 7.99. The Labute approximate surface area is 184 Å². The molecule has 10 nitrogen and oxygen atoms in total. The quantitative estimate of drug-likeness (QED) is 0.435. The van der Waals surface area contributed by atoms with Gasteiger partial charge in [-0.3, -0.25) is 24.4 Å². The van der Waals surface area contributed by atoms with Crippen molar-refractivity contribution in [3.8, 4) is 11.4 Å². The van der Waals surface area contributed by atoms with Crippen LogP contribution in [0.1, 0.15) is 24.7 Å². The zero-order chi connectivity index (χ0) is 22.3. The molecule has 0 saturated carbocycles. The summed E-state index contributed by atoms with van der Waals surface area (Å²) in [5, 5.41) is 21.0. The van der Waals surface area contributed by atoms with Gasteiger partial charge in [-0.2, -0.15) is 0 Å². The van der Waals surface area contributed by atoms with Crippen molar-refractivity contribution in [3.63, 3.8) is 0 Å². The van der Waals surface area contributed by atoms with E-state index in [0.717, 1.165) is 0 Å². The molecular formula is C20H17BrN4O6. The maximum Gasteiger partial charge on any atom is 0.407 e. The number of amides is 1. The van der Waals surface area contributed by atoms with Gasteiger partial charge in [0.15, 0.2) is 0 Å². The van der Waals surface area contributed by atoms with Crippen LogP contribution < -0.4 is 10.3 Å². The van der Waals surface area contributed by atoms with Crippen LogP contribution in [0.15, 0.2) is 45.7 Å². The summed E-state index contributed by atoms with van der Waals surface area (Å²) in [4.78, 5) is 41.9. The van der Waals surface area contributed by atoms with Crippen LogP contribution in [0.4, 0.5) is 10.5 Å². The van der Waals surface area contributed by atoms with Gasteiger partial charge >= 0.3 is 6.09 Å². The van der Waals surface area contributed by atoms with E-state index in [4.69, 9.17) is 4.74 Å². The normalized spacial score (nSPS) is 15.9. The van der Waals surface area contributed by atoms with E-state index in [1.54, 1.807) is 24.3 Å². The van der Waals surface area contributed by atoms with E-state index in [1.165, 1.54) is 28.7 Å². The SMILES string of the molecule is COc1ccc(-n2c(C3CCCN3C(=O)O)nc3c(Br)cc([N+](=O)[O-])cc3c2=O)cc1. The molecule has 1 aliphatic heterocycles. The molecule has 1 atom stereocenters. The van der Waals surface area contributed by atoms with Gasteiger partial charge in [-0.25, -0.2) is 9.78 Å². The molecule has 1 aliphatic rings. The summed E-state index contributed by atoms with van der Waals surface area (Å²) >= 11 is 3.28. The van der Waals surface area contributed by atoms with Crippen molar-refractivity contribution in [3.05, 3.63) is 67.2 Å². The number of hydrogen-bond donors (Lipinski definition) is 1. The lowest BCUT2D eigenvalue weighted by Crippen LogP contribution is -2.34. The molecular weight excluding hydrogens is 472 g/mol. The highest BCUT2D eigenvalue weighted by Gasteiger charge is 2.34. The van der Waals surface area contributed by atoms with Crippen LogP contribution in [0.25, 0.3) is 16.6 Å². The third-order valence-electron chi connectivity index (χ3n) is 5.28. The molecule has 1 aromatic heterocycles. The maximum absolute atomic E-state index is 13.5. The van der Waals surface area contributed by atoms with Crippen LogP contribution in [0.3, 0.4) is 0 Å². The third-order valence-corrected chi connectivity index (χ3v) is 5.88. The molecule has 0 bridgehead atoms. The molecule has 0 spiro atoms. The van der Waals surface area contributed by atoms with Crippen LogP contribution in [0.2, 0.25) is 0 Å². The van der Waals surface area contributed by atoms with Gasteiger partial charge in [0.25, 0.3) is 11.2 Å². The smallest absolute Gasteiger partial charge is 0.407 e. The predicted molar refractivity (Wildman–Crippen MR) is 115 cm³/mol. The van der Waals surface area contributed by atoms with E-state index in [0.29, 0.717) is 30.8 Å². The molecule has 0 aliphatic carbocycles. The topological polar surface area (TPSA) is 128 Å². The van der Waals surface area contributed by atoms with Crippen molar-refractivity contribution in [2.24, 2.45) is 0 Å². The van der Waals surface area contributed by atoms with Gasteiger partial charge in [-0.05, 0) is 53.0 Å². The average Bonchev–Trinajstić information content (AvgIpc) is 3.24. The van der Waals surface area contributed by atoms with Gasteiger partial charge in [0.2, 0.25) is 0 Å². The number of rotatable bonds is 4. The number of aromatic nitrogens is 2. The molecule has 1 saturated heterocycles. The number of nitrogens with zero attached hydrogens (tertiary/aromatic N) is 4. The second-order valence-electron chi connectivity index (χ2n) is 7.02. The molecule has 1 fully saturated rings. The van der Waals surface area contributed by atoms with Crippen LogP contribution in [0.5, 0.6) is 5.75 Å². The first-order chi connectivity index (χ1) is 14.8. The predicted octanol–water partition coefficient (Wildman–Crippen LogP) is 3.88. The monoisotopic (exact) mass is 488 g/mol. The maximum atomic E-state index is 13.5. The Balaban J connectivity index is 2.05. The Bertz CT molecular complexity index is 1260. The van der Waals surface area contributed by atoms with Gasteiger partial charge in [0, 0.05) is 18.7 Å². The number of nitro groups is 1. The number of ether oxygens (including phenoxy) is 1. The van der Waals surface area contributed by atoms with Crippen molar-refractivity contribution in [1.29, 1.82) is 0 Å². The minimum atomic E-state index is -1.10. The average molecular weight is 489 g/mol. The lowest BCUT2D eigenvalue weighted by atomic mass is 10.1. The lowest BCUT2D eigenvalue weighted by Gasteiger charge is -2.24. The van der Waals surface area contributed by atoms with E-state index in [1.807, 2.05) is 0 Å². The summed E-state index contributed by atoms with van der Waals surface area (Å²) in [6.45, 7) is 0.331. The number of likely N-dealkylation sites (tertiary alicyclic amines) is 1. The number of fused-ring (bicyclic) bond motifs is 1. The highest BCUT2D eigenvalue weighted by molar-refractivity contribution is 9.10. The zero-order valence-corrected chi connectivity index (χ0v) is 17.9. The summed E-state index contributed by atoms with van der Waals surface area (Å²) in [5.74, 6) is 0.843. The Morgan fingerprint density at radius 1 is 1.32 bits per heavy atom. The van der Waals surface area contributed by atoms with Gasteiger partial charge in [-0.1, -0.05) is 0 Å². The lowest BCUT2D eigenvalue weighted by molar-refractivity contribution is -0.384. The molecule has 160 valence electrons. The van der Waals surface area contributed by atoms with Crippen molar-refractivity contribution < 1.29 is 19.6 Å². The zero-order valence-electron chi connectivity index (χ0n) is 16.3. The number of nitro benzene ring substituents is 1. The van der Waals surface area contributed by atoms with Gasteiger partial charge < -0.3 is 9.84 Å². The number of carboxylic acid groups (broad SMARTS) is 1. The van der Waals surface area contributed by atoms with Crippen LogP contribution >= 0.6 is 15.9 Å². The number of halogens is 1. The van der Waals surface area contributed by atoms with Crippen molar-refractivity contribution in [2.45, 2.75) is 18.9 Å². The van der Waals surface area contributed by atoms with Crippen LogP contribution in [0, 0.1) is 10.1 Å². The number of non-ortho nitro benzene ring substituents is 1. The highest BCUT2D eigenvalue weighted by Crippen LogP contribution is 2.34. The van der Waals surface area contributed by atoms with E-state index in [9.17, 15) is 24.8 Å². The largest absolute Gasteiger partial charge is 0.497 e. The Morgan fingerprint density at radius 3 is 2.65 bits per heavy atom. The standard InChI is InChI=1S/C20H17BrN4O6/c1-31-13-6-4-11(5-7-13)24-18(16-3-2-8-23(16)20(27)28)22-17-14(19(24)26)9-12(25(29)30)10-15(17)21/h4-7,9-10,16H,2-3,8H2,1H3,(H,27,28). The van der Waals surface area contributed by atoms with Crippen molar-refractivity contribution in [2.75, 3.05) is 13.7 Å². The minimum Gasteiger partial charge on any atom is -0.497 e. The number of methoxy groups -OCH3 is 1. The summed E-state index contributed by atoms with van der Waals surface area (Å²) in [6, 6.07) is 8.49.